The highest BCUT2D eigenvalue weighted by molar-refractivity contribution is 6.23. The largest absolute Gasteiger partial charge is 0.497 e. The first-order valence-corrected chi connectivity index (χ1v) is 14.0. The van der Waals surface area contributed by atoms with E-state index >= 15 is 0 Å². The number of carboxylic acids is 1. The molecule has 3 saturated carbocycles. The van der Waals surface area contributed by atoms with Gasteiger partial charge in [-0.25, -0.2) is 0 Å². The molecule has 0 unspecified atom stereocenters. The third-order valence-corrected chi connectivity index (χ3v) is 11.5. The van der Waals surface area contributed by atoms with Crippen molar-refractivity contribution in [2.24, 2.45) is 51.8 Å². The molecular weight excluding hydrogens is 466 g/mol. The number of methoxy groups -OCH3 is 1. The Labute approximate surface area is 219 Å². The highest BCUT2D eigenvalue weighted by Gasteiger charge is 2.73. The Kier molecular flexibility index (Phi) is 5.30. The first-order valence-electron chi connectivity index (χ1n) is 14.0. The molecule has 5 aliphatic carbocycles. The number of ether oxygens (including phenoxy) is 1. The quantitative estimate of drug-likeness (QED) is 0.419. The maximum absolute atomic E-state index is 14.3. The van der Waals surface area contributed by atoms with Crippen LogP contribution in [0.1, 0.15) is 66.2 Å². The van der Waals surface area contributed by atoms with Crippen molar-refractivity contribution in [1.29, 1.82) is 0 Å². The molecule has 0 aromatic heterocycles. The normalized spacial score (nSPS) is 42.3. The molecule has 0 radical (unpaired) electrons. The summed E-state index contributed by atoms with van der Waals surface area (Å²) >= 11 is 0. The fourth-order valence-electron chi connectivity index (χ4n) is 9.94. The zero-order valence-electron chi connectivity index (χ0n) is 22.6. The molecular formula is C31H39NO5. The van der Waals surface area contributed by atoms with Gasteiger partial charge in [0.1, 0.15) is 5.75 Å². The Morgan fingerprint density at radius 1 is 1.05 bits per heavy atom. The highest BCUT2D eigenvalue weighted by Crippen LogP contribution is 2.74. The number of hydrogen-bond donors (Lipinski definition) is 1. The molecule has 198 valence electrons. The van der Waals surface area contributed by atoms with Crippen molar-refractivity contribution in [3.8, 4) is 5.75 Å². The monoisotopic (exact) mass is 505 g/mol. The van der Waals surface area contributed by atoms with E-state index in [4.69, 9.17) is 4.74 Å². The lowest BCUT2D eigenvalue weighted by Crippen LogP contribution is -2.65. The number of hydrogen-bond acceptors (Lipinski definition) is 4. The molecule has 2 bridgehead atoms. The fourth-order valence-corrected chi connectivity index (χ4v) is 9.94. The summed E-state index contributed by atoms with van der Waals surface area (Å²) in [5.41, 5.74) is 0.645. The van der Waals surface area contributed by atoms with Crippen LogP contribution < -0.4 is 9.64 Å². The Hall–Kier alpha value is -2.63. The van der Waals surface area contributed by atoms with E-state index in [0.717, 1.165) is 32.1 Å². The average molecular weight is 506 g/mol. The first-order chi connectivity index (χ1) is 17.5. The lowest BCUT2D eigenvalue weighted by molar-refractivity contribution is -0.194. The van der Waals surface area contributed by atoms with Crippen molar-refractivity contribution >= 4 is 23.5 Å². The van der Waals surface area contributed by atoms with E-state index < -0.39 is 16.8 Å². The summed E-state index contributed by atoms with van der Waals surface area (Å²) in [5, 5.41) is 10.3. The fraction of sp³-hybridized carbons (Fsp3) is 0.645. The number of anilines is 1. The van der Waals surface area contributed by atoms with Crippen LogP contribution in [0.4, 0.5) is 5.69 Å². The molecule has 7 rings (SSSR count). The standard InChI is InChI=1S/C31H39NO5/c1-17(2)21-16-31-14-11-22-29(3,12-6-13-30(22,4)28(35)36)23(31)15-20(21)24-25(31)27(34)32(26(24)33)18-7-9-19(37-5)10-8-18/h7-10,16-17,20,22-25H,6,11-15H2,1-5H3,(H,35,36)/t20-,22+,23+,24+,25-,29-,30+,31-/m0/s1. The van der Waals surface area contributed by atoms with E-state index in [1.165, 1.54) is 10.5 Å². The minimum atomic E-state index is -0.736. The molecule has 37 heavy (non-hydrogen) atoms. The van der Waals surface area contributed by atoms with Crippen molar-refractivity contribution in [2.45, 2.75) is 66.2 Å². The minimum Gasteiger partial charge on any atom is -0.497 e. The van der Waals surface area contributed by atoms with Crippen molar-refractivity contribution in [3.05, 3.63) is 35.9 Å². The number of aliphatic carboxylic acids is 1. The van der Waals surface area contributed by atoms with Gasteiger partial charge in [0.05, 0.1) is 30.0 Å². The molecule has 1 spiro atoms. The van der Waals surface area contributed by atoms with Crippen molar-refractivity contribution in [1.82, 2.24) is 0 Å². The number of benzene rings is 1. The maximum Gasteiger partial charge on any atom is 0.309 e. The molecule has 1 aromatic carbocycles. The molecule has 6 nitrogen and oxygen atoms in total. The summed E-state index contributed by atoms with van der Waals surface area (Å²) in [7, 11) is 1.60. The van der Waals surface area contributed by atoms with Crippen LogP contribution in [-0.4, -0.2) is 30.0 Å². The summed E-state index contributed by atoms with van der Waals surface area (Å²) in [5.74, 6) is -0.213. The number of imide groups is 1. The van der Waals surface area contributed by atoms with E-state index in [-0.39, 0.29) is 46.8 Å². The van der Waals surface area contributed by atoms with Gasteiger partial charge in [0.25, 0.3) is 0 Å². The molecule has 1 saturated heterocycles. The topological polar surface area (TPSA) is 83.9 Å². The average Bonchev–Trinajstić information content (AvgIpc) is 3.15. The Balaban J connectivity index is 1.47. The maximum atomic E-state index is 14.3. The van der Waals surface area contributed by atoms with Gasteiger partial charge in [0.15, 0.2) is 0 Å². The molecule has 6 aliphatic rings. The SMILES string of the molecule is COc1ccc(N2C(=O)[C@H]3[C@@H](C2=O)[C@@]24C=C(C(C)C)[C@@H]3C[C@@H]2[C@@]2(C)CCC[C@@](C)(C(=O)O)[C@@H]2CC4)cc1. The Morgan fingerprint density at radius 3 is 2.38 bits per heavy atom. The minimum absolute atomic E-state index is 0.0326. The molecule has 1 heterocycles. The first kappa shape index (κ1) is 24.7. The van der Waals surface area contributed by atoms with Crippen LogP contribution in [-0.2, 0) is 14.4 Å². The van der Waals surface area contributed by atoms with E-state index in [2.05, 4.69) is 26.8 Å². The highest BCUT2D eigenvalue weighted by atomic mass is 16.5. The second kappa shape index (κ2) is 7.94. The Morgan fingerprint density at radius 2 is 1.76 bits per heavy atom. The predicted octanol–water partition coefficient (Wildman–Crippen LogP) is 5.71. The number of rotatable bonds is 4. The predicted molar refractivity (Wildman–Crippen MR) is 140 cm³/mol. The molecule has 8 atom stereocenters. The lowest BCUT2D eigenvalue weighted by atomic mass is 9.34. The number of amides is 2. The molecule has 6 heteroatoms. The van der Waals surface area contributed by atoms with Crippen LogP contribution in [0, 0.1) is 51.8 Å². The third-order valence-electron chi connectivity index (χ3n) is 11.5. The molecule has 1 N–H and O–H groups in total. The summed E-state index contributed by atoms with van der Waals surface area (Å²) in [6, 6.07) is 7.20. The van der Waals surface area contributed by atoms with Gasteiger partial charge in [0.2, 0.25) is 11.8 Å². The van der Waals surface area contributed by atoms with Gasteiger partial charge >= 0.3 is 5.97 Å². The van der Waals surface area contributed by atoms with Crippen LogP contribution in [0.15, 0.2) is 35.9 Å². The van der Waals surface area contributed by atoms with E-state index in [0.29, 0.717) is 23.8 Å². The van der Waals surface area contributed by atoms with Crippen LogP contribution in [0.3, 0.4) is 0 Å². The number of allylic oxidation sites excluding steroid dienone is 2. The van der Waals surface area contributed by atoms with E-state index in [9.17, 15) is 19.5 Å². The zero-order valence-corrected chi connectivity index (χ0v) is 22.6. The van der Waals surface area contributed by atoms with Gasteiger partial charge in [-0.1, -0.05) is 38.8 Å². The summed E-state index contributed by atoms with van der Waals surface area (Å²) in [6.07, 6.45) is 7.47. The van der Waals surface area contributed by atoms with Gasteiger partial charge in [-0.15, -0.1) is 0 Å². The number of fused-ring (bicyclic) bond motifs is 1. The van der Waals surface area contributed by atoms with E-state index in [1.807, 2.05) is 6.92 Å². The van der Waals surface area contributed by atoms with Crippen LogP contribution in [0.2, 0.25) is 0 Å². The summed E-state index contributed by atoms with van der Waals surface area (Å²) in [4.78, 5) is 42.3. The number of carboxylic acid groups (broad SMARTS) is 1. The molecule has 2 amide bonds. The number of carbonyl (C=O) groups is 3. The summed E-state index contributed by atoms with van der Waals surface area (Å²) in [6.45, 7) is 8.66. The molecule has 1 aliphatic heterocycles. The smallest absolute Gasteiger partial charge is 0.309 e. The number of nitrogens with zero attached hydrogens (tertiary/aromatic N) is 1. The molecule has 4 fully saturated rings. The van der Waals surface area contributed by atoms with Gasteiger partial charge in [-0.3, -0.25) is 19.3 Å². The number of carbonyl (C=O) groups excluding carboxylic acids is 2. The van der Waals surface area contributed by atoms with Gasteiger partial charge in [-0.2, -0.15) is 0 Å². The summed E-state index contributed by atoms with van der Waals surface area (Å²) < 4.78 is 5.29. The van der Waals surface area contributed by atoms with Crippen molar-refractivity contribution in [3.63, 3.8) is 0 Å². The second-order valence-corrected chi connectivity index (χ2v) is 13.2. The van der Waals surface area contributed by atoms with Crippen LogP contribution in [0.25, 0.3) is 0 Å². The Bertz CT molecular complexity index is 1200. The van der Waals surface area contributed by atoms with Gasteiger partial charge in [0, 0.05) is 5.41 Å². The third kappa shape index (κ3) is 3.01. The lowest BCUT2D eigenvalue weighted by Gasteiger charge is -2.68. The van der Waals surface area contributed by atoms with Crippen molar-refractivity contribution < 1.29 is 24.2 Å². The van der Waals surface area contributed by atoms with E-state index in [1.54, 1.807) is 31.4 Å². The van der Waals surface area contributed by atoms with Crippen molar-refractivity contribution in [2.75, 3.05) is 12.0 Å². The van der Waals surface area contributed by atoms with Gasteiger partial charge in [-0.05, 0) is 92.4 Å². The van der Waals surface area contributed by atoms with Crippen LogP contribution >= 0.6 is 0 Å². The molecule has 1 aromatic rings. The van der Waals surface area contributed by atoms with Crippen LogP contribution in [0.5, 0.6) is 5.75 Å². The zero-order chi connectivity index (χ0) is 26.5. The van der Waals surface area contributed by atoms with Gasteiger partial charge < -0.3 is 9.84 Å². The second-order valence-electron chi connectivity index (χ2n) is 13.2.